The molecule has 5 heteroatoms. The summed E-state index contributed by atoms with van der Waals surface area (Å²) in [6.07, 6.45) is 1.22. The van der Waals surface area contributed by atoms with Gasteiger partial charge in [0.25, 0.3) is 0 Å². The maximum Gasteiger partial charge on any atom is 0.315 e. The van der Waals surface area contributed by atoms with E-state index in [0.717, 1.165) is 0 Å². The molecule has 82 valence electrons. The maximum atomic E-state index is 11.2. The van der Waals surface area contributed by atoms with Gasteiger partial charge in [-0.2, -0.15) is 0 Å². The van der Waals surface area contributed by atoms with E-state index in [9.17, 15) is 4.79 Å². The van der Waals surface area contributed by atoms with Gasteiger partial charge in [0.2, 0.25) is 0 Å². The van der Waals surface area contributed by atoms with E-state index in [1.165, 1.54) is 0 Å². The van der Waals surface area contributed by atoms with E-state index in [4.69, 9.17) is 11.1 Å². The Morgan fingerprint density at radius 2 is 2.00 bits per heavy atom. The first-order valence-electron chi connectivity index (χ1n) is 4.70. The monoisotopic (exact) mass is 200 g/mol. The number of carbonyl (C=O) groups is 1. The fourth-order valence-electron chi connectivity index (χ4n) is 0.866. The Hall–Kier alpha value is -1.26. The van der Waals surface area contributed by atoms with Crippen LogP contribution < -0.4 is 16.4 Å². The van der Waals surface area contributed by atoms with Crippen LogP contribution in [-0.4, -0.2) is 24.0 Å². The van der Waals surface area contributed by atoms with Gasteiger partial charge in [-0.05, 0) is 27.2 Å². The largest absolute Gasteiger partial charge is 0.388 e. The number of amidine groups is 1. The minimum absolute atomic E-state index is 0.156. The van der Waals surface area contributed by atoms with Crippen molar-refractivity contribution in [2.45, 2.75) is 39.2 Å². The molecule has 0 unspecified atom stereocenters. The van der Waals surface area contributed by atoms with Crippen LogP contribution in [0.3, 0.4) is 0 Å². The third-order valence-corrected chi connectivity index (χ3v) is 1.40. The fourth-order valence-corrected chi connectivity index (χ4v) is 0.866. The summed E-state index contributed by atoms with van der Waals surface area (Å²) in [5.41, 5.74) is 4.95. The Labute approximate surface area is 84.9 Å². The Bertz CT molecular complexity index is 207. The number of hydrogen-bond acceptors (Lipinski definition) is 2. The molecule has 0 spiro atoms. The van der Waals surface area contributed by atoms with E-state index in [1.807, 2.05) is 20.8 Å². The molecule has 0 atom stereocenters. The molecule has 0 aromatic heterocycles. The van der Waals surface area contributed by atoms with Gasteiger partial charge in [0.15, 0.2) is 0 Å². The second-order valence-corrected chi connectivity index (χ2v) is 4.26. The molecule has 0 radical (unpaired) electrons. The molecule has 2 amide bonds. The number of nitrogens with two attached hydrogens (primary N) is 1. The van der Waals surface area contributed by atoms with Crippen LogP contribution in [0.25, 0.3) is 0 Å². The smallest absolute Gasteiger partial charge is 0.315 e. The molecule has 0 fully saturated rings. The molecule has 0 rings (SSSR count). The van der Waals surface area contributed by atoms with Gasteiger partial charge in [0.05, 0.1) is 5.84 Å². The van der Waals surface area contributed by atoms with Crippen molar-refractivity contribution in [3.63, 3.8) is 0 Å². The van der Waals surface area contributed by atoms with Gasteiger partial charge in [-0.15, -0.1) is 0 Å². The molecular weight excluding hydrogens is 180 g/mol. The summed E-state index contributed by atoms with van der Waals surface area (Å²) in [5.74, 6) is 0.156. The first-order chi connectivity index (χ1) is 6.31. The van der Waals surface area contributed by atoms with E-state index in [2.05, 4.69) is 10.6 Å². The molecule has 0 aliphatic rings. The van der Waals surface area contributed by atoms with Gasteiger partial charge in [0.1, 0.15) is 0 Å². The third-order valence-electron chi connectivity index (χ3n) is 1.40. The van der Waals surface area contributed by atoms with Crippen LogP contribution in [0.1, 0.15) is 33.6 Å². The van der Waals surface area contributed by atoms with Crippen LogP contribution in [-0.2, 0) is 0 Å². The van der Waals surface area contributed by atoms with Crippen molar-refractivity contribution in [2.75, 3.05) is 6.54 Å². The molecule has 0 saturated heterocycles. The quantitative estimate of drug-likeness (QED) is 0.307. The second-order valence-electron chi connectivity index (χ2n) is 4.26. The van der Waals surface area contributed by atoms with Gasteiger partial charge < -0.3 is 16.4 Å². The summed E-state index contributed by atoms with van der Waals surface area (Å²) in [6, 6.07) is -0.180. The lowest BCUT2D eigenvalue weighted by Gasteiger charge is -2.20. The standard InChI is InChI=1S/C9H20N4O/c1-9(2,3)13-8(14)12-6-4-5-7(10)11/h4-6H2,1-3H3,(H3,10,11)(H2,12,13,14). The van der Waals surface area contributed by atoms with Crippen LogP contribution in [0.15, 0.2) is 0 Å². The highest BCUT2D eigenvalue weighted by molar-refractivity contribution is 5.77. The van der Waals surface area contributed by atoms with Crippen molar-refractivity contribution < 1.29 is 4.79 Å². The minimum Gasteiger partial charge on any atom is -0.388 e. The zero-order chi connectivity index (χ0) is 11.2. The van der Waals surface area contributed by atoms with E-state index in [-0.39, 0.29) is 17.4 Å². The van der Waals surface area contributed by atoms with Crippen molar-refractivity contribution >= 4 is 11.9 Å². The Balaban J connectivity index is 3.50. The van der Waals surface area contributed by atoms with E-state index >= 15 is 0 Å². The van der Waals surface area contributed by atoms with E-state index < -0.39 is 0 Å². The lowest BCUT2D eigenvalue weighted by Crippen LogP contribution is -2.46. The SMILES string of the molecule is CC(C)(C)NC(=O)NCCCC(=N)N. The molecule has 0 aliphatic heterocycles. The number of rotatable bonds is 4. The second kappa shape index (κ2) is 5.47. The van der Waals surface area contributed by atoms with Crippen molar-refractivity contribution in [3.8, 4) is 0 Å². The van der Waals surface area contributed by atoms with Crippen LogP contribution >= 0.6 is 0 Å². The lowest BCUT2D eigenvalue weighted by atomic mass is 10.1. The number of hydrogen-bond donors (Lipinski definition) is 4. The van der Waals surface area contributed by atoms with Crippen molar-refractivity contribution in [2.24, 2.45) is 5.73 Å². The average molecular weight is 200 g/mol. The predicted octanol–water partition coefficient (Wildman–Crippen LogP) is 0.800. The van der Waals surface area contributed by atoms with Crippen LogP contribution in [0.2, 0.25) is 0 Å². The fraction of sp³-hybridized carbons (Fsp3) is 0.778. The van der Waals surface area contributed by atoms with E-state index in [0.29, 0.717) is 19.4 Å². The molecule has 5 N–H and O–H groups in total. The number of nitrogens with one attached hydrogen (secondary N) is 3. The van der Waals surface area contributed by atoms with Gasteiger partial charge >= 0.3 is 6.03 Å². The molecule has 0 aromatic carbocycles. The third kappa shape index (κ3) is 8.83. The van der Waals surface area contributed by atoms with Crippen molar-refractivity contribution in [3.05, 3.63) is 0 Å². The first-order valence-corrected chi connectivity index (χ1v) is 4.70. The topological polar surface area (TPSA) is 91.0 Å². The van der Waals surface area contributed by atoms with Gasteiger partial charge in [-0.1, -0.05) is 0 Å². The van der Waals surface area contributed by atoms with Crippen molar-refractivity contribution in [1.29, 1.82) is 5.41 Å². The van der Waals surface area contributed by atoms with Gasteiger partial charge in [-0.25, -0.2) is 4.79 Å². The lowest BCUT2D eigenvalue weighted by molar-refractivity contribution is 0.232. The van der Waals surface area contributed by atoms with Gasteiger partial charge in [-0.3, -0.25) is 5.41 Å². The summed E-state index contributed by atoms with van der Waals surface area (Å²) in [5, 5.41) is 12.4. The highest BCUT2D eigenvalue weighted by Crippen LogP contribution is 1.97. The molecule has 0 bridgehead atoms. The van der Waals surface area contributed by atoms with Gasteiger partial charge in [0, 0.05) is 18.5 Å². The van der Waals surface area contributed by atoms with Crippen LogP contribution in [0.5, 0.6) is 0 Å². The van der Waals surface area contributed by atoms with Crippen LogP contribution in [0, 0.1) is 5.41 Å². The van der Waals surface area contributed by atoms with Crippen molar-refractivity contribution in [1.82, 2.24) is 10.6 Å². The highest BCUT2D eigenvalue weighted by atomic mass is 16.2. The molecule has 0 heterocycles. The molecule has 0 aromatic rings. The molecule has 14 heavy (non-hydrogen) atoms. The summed E-state index contributed by atoms with van der Waals surface area (Å²) < 4.78 is 0. The Morgan fingerprint density at radius 1 is 1.43 bits per heavy atom. The molecular formula is C9H20N4O. The molecule has 0 aliphatic carbocycles. The number of carbonyl (C=O) groups excluding carboxylic acids is 1. The van der Waals surface area contributed by atoms with Crippen LogP contribution in [0.4, 0.5) is 4.79 Å². The number of amides is 2. The Kier molecular flexibility index (Phi) is 4.97. The molecule has 5 nitrogen and oxygen atoms in total. The summed E-state index contributed by atoms with van der Waals surface area (Å²) in [6.45, 7) is 6.30. The first kappa shape index (κ1) is 12.7. The minimum atomic E-state index is -0.218. The summed E-state index contributed by atoms with van der Waals surface area (Å²) >= 11 is 0. The van der Waals surface area contributed by atoms with E-state index in [1.54, 1.807) is 0 Å². The summed E-state index contributed by atoms with van der Waals surface area (Å²) in [7, 11) is 0. The zero-order valence-corrected chi connectivity index (χ0v) is 9.11. The predicted molar refractivity (Wildman–Crippen MR) is 57.4 cm³/mol. The Morgan fingerprint density at radius 3 is 2.43 bits per heavy atom. The maximum absolute atomic E-state index is 11.2. The molecule has 0 saturated carbocycles. The normalized spacial score (nSPS) is 10.8. The summed E-state index contributed by atoms with van der Waals surface area (Å²) in [4.78, 5) is 11.2. The number of urea groups is 1. The average Bonchev–Trinajstić information content (AvgIpc) is 1.94. The zero-order valence-electron chi connectivity index (χ0n) is 9.11. The highest BCUT2D eigenvalue weighted by Gasteiger charge is 2.12.